The lowest BCUT2D eigenvalue weighted by molar-refractivity contribution is -0.137. The summed E-state index contributed by atoms with van der Waals surface area (Å²) in [7, 11) is -8.93. The maximum absolute atomic E-state index is 13.6. The Morgan fingerprint density at radius 2 is 1.02 bits per heavy atom. The predicted octanol–water partition coefficient (Wildman–Crippen LogP) is 5.57. The Morgan fingerprint density at radius 3 is 1.36 bits per heavy atom. The standard InChI is InChI=1S/C29H53F3N5O7P3/c1-7-42-45(4,39)23-35-16-14-34(22-28(38)33-27-13-11-10-12-26(27)29(30,31)32)15-17-36(24-46(5,40)43-8-2)19-21-37(20-18-35)25-47(6,41)44-9-3/h10-13H,7-9,14-25H2,1-6H3,(H,33,38). The van der Waals surface area contributed by atoms with Gasteiger partial charge in [-0.3, -0.25) is 38.1 Å². The zero-order valence-corrected chi connectivity index (χ0v) is 31.2. The third-order valence-corrected chi connectivity index (χ3v) is 12.5. The number of halogens is 3. The lowest BCUT2D eigenvalue weighted by Gasteiger charge is -2.35. The molecule has 3 unspecified atom stereocenters. The van der Waals surface area contributed by atoms with Crippen molar-refractivity contribution in [1.29, 1.82) is 0 Å². The highest BCUT2D eigenvalue weighted by atomic mass is 31.2. The number of para-hydroxylation sites is 1. The van der Waals surface area contributed by atoms with Crippen LogP contribution in [0, 0.1) is 0 Å². The molecule has 1 aromatic carbocycles. The molecule has 47 heavy (non-hydrogen) atoms. The van der Waals surface area contributed by atoms with E-state index in [2.05, 4.69) is 5.32 Å². The summed E-state index contributed by atoms with van der Waals surface area (Å²) in [6.07, 6.45) is -4.12. The van der Waals surface area contributed by atoms with Crippen LogP contribution in [0.4, 0.5) is 18.9 Å². The Balaban J connectivity index is 2.35. The number of anilines is 1. The molecule has 18 heteroatoms. The van der Waals surface area contributed by atoms with Crippen LogP contribution in [-0.2, 0) is 38.2 Å². The Hall–Kier alpha value is -1.11. The van der Waals surface area contributed by atoms with Gasteiger partial charge in [-0.15, -0.1) is 0 Å². The van der Waals surface area contributed by atoms with Crippen LogP contribution in [0.2, 0.25) is 0 Å². The number of nitrogens with zero attached hydrogens (tertiary/aromatic N) is 4. The summed E-state index contributed by atoms with van der Waals surface area (Å²) >= 11 is 0. The number of carbonyl (C=O) groups excluding carboxylic acids is 1. The molecule has 272 valence electrons. The monoisotopic (exact) mass is 733 g/mol. The van der Waals surface area contributed by atoms with Crippen molar-refractivity contribution in [3.8, 4) is 0 Å². The number of hydrogen-bond acceptors (Lipinski definition) is 11. The molecular formula is C29H53F3N5O7P3. The van der Waals surface area contributed by atoms with E-state index in [9.17, 15) is 31.7 Å². The van der Waals surface area contributed by atoms with Crippen LogP contribution in [0.1, 0.15) is 26.3 Å². The van der Waals surface area contributed by atoms with E-state index in [4.69, 9.17) is 13.6 Å². The minimum Gasteiger partial charge on any atom is -0.328 e. The quantitative estimate of drug-likeness (QED) is 0.228. The van der Waals surface area contributed by atoms with Gasteiger partial charge in [0.05, 0.1) is 56.5 Å². The molecule has 1 saturated heterocycles. The van der Waals surface area contributed by atoms with E-state index in [1.165, 1.54) is 18.2 Å². The van der Waals surface area contributed by atoms with E-state index < -0.39 is 39.8 Å². The summed E-state index contributed by atoms with van der Waals surface area (Å²) in [5.41, 5.74) is -1.26. The van der Waals surface area contributed by atoms with Crippen molar-refractivity contribution < 1.29 is 45.2 Å². The molecule has 3 atom stereocenters. The summed E-state index contributed by atoms with van der Waals surface area (Å²) in [4.78, 5) is 20.9. The summed E-state index contributed by atoms with van der Waals surface area (Å²) in [5.74, 6) is -0.612. The Labute approximate surface area is 278 Å². The maximum atomic E-state index is 13.6. The first-order valence-electron chi connectivity index (χ1n) is 15.9. The summed E-state index contributed by atoms with van der Waals surface area (Å²) in [6.45, 7) is 14.0. The summed E-state index contributed by atoms with van der Waals surface area (Å²) < 4.78 is 96.9. The van der Waals surface area contributed by atoms with E-state index in [0.29, 0.717) is 59.0 Å². The van der Waals surface area contributed by atoms with Crippen LogP contribution < -0.4 is 5.32 Å². The van der Waals surface area contributed by atoms with E-state index in [1.807, 2.05) is 19.6 Å². The Kier molecular flexibility index (Phi) is 17.3. The molecule has 0 aliphatic carbocycles. The van der Waals surface area contributed by atoms with Crippen molar-refractivity contribution in [3.63, 3.8) is 0 Å². The number of amides is 1. The average Bonchev–Trinajstić information content (AvgIpc) is 2.93. The highest BCUT2D eigenvalue weighted by Gasteiger charge is 2.34. The van der Waals surface area contributed by atoms with Gasteiger partial charge in [-0.1, -0.05) is 12.1 Å². The van der Waals surface area contributed by atoms with Crippen LogP contribution >= 0.6 is 22.1 Å². The van der Waals surface area contributed by atoms with Crippen molar-refractivity contribution >= 4 is 33.7 Å². The van der Waals surface area contributed by atoms with E-state index in [-0.39, 0.29) is 44.3 Å². The first-order valence-corrected chi connectivity index (χ1v) is 22.6. The van der Waals surface area contributed by atoms with Crippen molar-refractivity contribution in [2.45, 2.75) is 26.9 Å². The first kappa shape index (κ1) is 42.1. The van der Waals surface area contributed by atoms with Crippen LogP contribution in [0.5, 0.6) is 0 Å². The Morgan fingerprint density at radius 1 is 0.681 bits per heavy atom. The van der Waals surface area contributed by atoms with Gasteiger partial charge in [0.25, 0.3) is 0 Å². The third-order valence-electron chi connectivity index (χ3n) is 7.38. The number of benzene rings is 1. The second kappa shape index (κ2) is 19.3. The van der Waals surface area contributed by atoms with Crippen LogP contribution in [-0.4, -0.2) is 143 Å². The normalized spacial score (nSPS) is 21.1. The fourth-order valence-corrected chi connectivity index (χ4v) is 10.3. The fraction of sp³-hybridized carbons (Fsp3) is 0.759. The molecule has 0 saturated carbocycles. The largest absolute Gasteiger partial charge is 0.418 e. The minimum atomic E-state index is -4.64. The molecule has 1 fully saturated rings. The van der Waals surface area contributed by atoms with Gasteiger partial charge in [0, 0.05) is 72.4 Å². The van der Waals surface area contributed by atoms with Crippen molar-refractivity contribution in [2.75, 3.05) is 123 Å². The minimum absolute atomic E-state index is 0.155. The smallest absolute Gasteiger partial charge is 0.328 e. The SMILES string of the molecule is CCOP(C)(=O)CN1CCN(CC(=O)Nc2ccccc2C(F)(F)F)CCN(CP(C)(=O)OCC)CCN(CP(C)(=O)OCC)CC1. The van der Waals surface area contributed by atoms with Crippen LogP contribution in [0.15, 0.2) is 24.3 Å². The van der Waals surface area contributed by atoms with Gasteiger partial charge in [0.1, 0.15) is 0 Å². The van der Waals surface area contributed by atoms with Crippen molar-refractivity contribution in [1.82, 2.24) is 19.6 Å². The molecule has 2 rings (SSSR count). The molecule has 1 amide bonds. The van der Waals surface area contributed by atoms with Gasteiger partial charge in [0.2, 0.25) is 28.0 Å². The first-order chi connectivity index (χ1) is 21.9. The van der Waals surface area contributed by atoms with Gasteiger partial charge in [0.15, 0.2) is 0 Å². The van der Waals surface area contributed by atoms with Gasteiger partial charge in [-0.2, -0.15) is 13.2 Å². The molecule has 1 N–H and O–H groups in total. The highest BCUT2D eigenvalue weighted by Crippen LogP contribution is 2.45. The van der Waals surface area contributed by atoms with Gasteiger partial charge < -0.3 is 18.9 Å². The number of rotatable bonds is 15. The predicted molar refractivity (Wildman–Crippen MR) is 181 cm³/mol. The van der Waals surface area contributed by atoms with Crippen molar-refractivity contribution in [3.05, 3.63) is 29.8 Å². The maximum Gasteiger partial charge on any atom is 0.418 e. The van der Waals surface area contributed by atoms with E-state index in [0.717, 1.165) is 6.07 Å². The summed E-state index contributed by atoms with van der Waals surface area (Å²) in [6, 6.07) is 4.82. The third kappa shape index (κ3) is 16.4. The van der Waals surface area contributed by atoms with E-state index in [1.54, 1.807) is 40.8 Å². The molecule has 0 spiro atoms. The van der Waals surface area contributed by atoms with Crippen LogP contribution in [0.3, 0.4) is 0 Å². The molecule has 0 radical (unpaired) electrons. The van der Waals surface area contributed by atoms with Gasteiger partial charge >= 0.3 is 6.18 Å². The molecule has 0 aromatic heterocycles. The zero-order chi connectivity index (χ0) is 35.3. The van der Waals surface area contributed by atoms with Gasteiger partial charge in [-0.25, -0.2) is 0 Å². The zero-order valence-electron chi connectivity index (χ0n) is 28.5. The lowest BCUT2D eigenvalue weighted by Crippen LogP contribution is -2.47. The summed E-state index contributed by atoms with van der Waals surface area (Å²) in [5, 5.41) is 2.42. The molecule has 1 aromatic rings. The highest BCUT2D eigenvalue weighted by molar-refractivity contribution is 7.58. The second-order valence-electron chi connectivity index (χ2n) is 11.9. The molecule has 1 aliphatic heterocycles. The topological polar surface area (TPSA) is 121 Å². The molecule has 1 heterocycles. The number of alkyl halides is 3. The molecule has 12 nitrogen and oxygen atoms in total. The molecule has 1 aliphatic rings. The number of hydrogen-bond donors (Lipinski definition) is 1. The average molecular weight is 734 g/mol. The van der Waals surface area contributed by atoms with Crippen molar-refractivity contribution in [2.24, 2.45) is 0 Å². The fourth-order valence-electron chi connectivity index (χ4n) is 5.42. The van der Waals surface area contributed by atoms with E-state index >= 15 is 0 Å². The lowest BCUT2D eigenvalue weighted by atomic mass is 10.1. The number of carbonyl (C=O) groups is 1. The second-order valence-corrected chi connectivity index (χ2v) is 19.6. The van der Waals surface area contributed by atoms with Gasteiger partial charge in [-0.05, 0) is 32.9 Å². The van der Waals surface area contributed by atoms with Crippen LogP contribution in [0.25, 0.3) is 0 Å². The molecule has 0 bridgehead atoms. The Bertz CT molecular complexity index is 1230. The number of nitrogens with one attached hydrogen (secondary N) is 1. The molecular weight excluding hydrogens is 680 g/mol.